The molecule has 2 fully saturated rings. The number of anilines is 1. The lowest BCUT2D eigenvalue weighted by Gasteiger charge is -2.17. The second-order valence-corrected chi connectivity index (χ2v) is 5.55. The van der Waals surface area contributed by atoms with Crippen molar-refractivity contribution in [2.45, 2.75) is 31.3 Å². The molecule has 2 aliphatic rings. The van der Waals surface area contributed by atoms with E-state index in [-0.39, 0.29) is 13.2 Å². The number of esters is 1. The van der Waals surface area contributed by atoms with Crippen LogP contribution in [0.3, 0.4) is 0 Å². The fraction of sp³-hybridized carbons (Fsp3) is 0.438. The molecule has 4 atom stereocenters. The second kappa shape index (κ2) is 6.98. The normalized spacial score (nSPS) is 28.0. The molecule has 8 heteroatoms. The van der Waals surface area contributed by atoms with Gasteiger partial charge in [-0.15, -0.1) is 0 Å². The van der Waals surface area contributed by atoms with Crippen molar-refractivity contribution in [2.75, 3.05) is 18.5 Å². The Bertz CT molecular complexity index is 630. The SMILES string of the molecule is CC(=O)O[C@@H]1CO[C@H]2[C@@H]1OC[C@@H]2OC(=O)Nc1ccc(C=O)cc1. The van der Waals surface area contributed by atoms with E-state index in [1.54, 1.807) is 24.3 Å². The highest BCUT2D eigenvalue weighted by atomic mass is 16.7. The van der Waals surface area contributed by atoms with Crippen molar-refractivity contribution in [2.24, 2.45) is 0 Å². The van der Waals surface area contributed by atoms with Gasteiger partial charge >= 0.3 is 12.1 Å². The maximum Gasteiger partial charge on any atom is 0.412 e. The van der Waals surface area contributed by atoms with Gasteiger partial charge in [0.05, 0.1) is 13.2 Å². The molecule has 24 heavy (non-hydrogen) atoms. The fourth-order valence-corrected chi connectivity index (χ4v) is 2.77. The van der Waals surface area contributed by atoms with Crippen molar-refractivity contribution < 1.29 is 33.3 Å². The number of carbonyl (C=O) groups is 3. The van der Waals surface area contributed by atoms with Crippen LogP contribution < -0.4 is 5.32 Å². The van der Waals surface area contributed by atoms with Gasteiger partial charge in [0.15, 0.2) is 12.2 Å². The monoisotopic (exact) mass is 335 g/mol. The molecule has 8 nitrogen and oxygen atoms in total. The summed E-state index contributed by atoms with van der Waals surface area (Å²) < 4.78 is 21.5. The number of hydrogen-bond donors (Lipinski definition) is 1. The molecule has 128 valence electrons. The minimum absolute atomic E-state index is 0.171. The number of rotatable bonds is 4. The smallest absolute Gasteiger partial charge is 0.412 e. The van der Waals surface area contributed by atoms with E-state index in [1.165, 1.54) is 6.92 Å². The van der Waals surface area contributed by atoms with Gasteiger partial charge in [-0.05, 0) is 24.3 Å². The van der Waals surface area contributed by atoms with E-state index >= 15 is 0 Å². The molecule has 0 spiro atoms. The number of nitrogens with one attached hydrogen (secondary N) is 1. The van der Waals surface area contributed by atoms with Gasteiger partial charge < -0.3 is 18.9 Å². The lowest BCUT2D eigenvalue weighted by Crippen LogP contribution is -2.36. The summed E-state index contributed by atoms with van der Waals surface area (Å²) in [5.74, 6) is -0.409. The van der Waals surface area contributed by atoms with Crippen molar-refractivity contribution in [1.29, 1.82) is 0 Å². The summed E-state index contributed by atoms with van der Waals surface area (Å²) in [6.45, 7) is 1.70. The Hall–Kier alpha value is -2.45. The van der Waals surface area contributed by atoms with Crippen LogP contribution >= 0.6 is 0 Å². The van der Waals surface area contributed by atoms with Crippen molar-refractivity contribution in [3.8, 4) is 0 Å². The Labute approximate surface area is 138 Å². The Morgan fingerprint density at radius 3 is 2.21 bits per heavy atom. The van der Waals surface area contributed by atoms with Gasteiger partial charge in [0.2, 0.25) is 0 Å². The molecule has 0 saturated carbocycles. The molecule has 0 radical (unpaired) electrons. The van der Waals surface area contributed by atoms with Crippen LogP contribution in [0.1, 0.15) is 17.3 Å². The average molecular weight is 335 g/mol. The van der Waals surface area contributed by atoms with Gasteiger partial charge in [-0.25, -0.2) is 4.79 Å². The Balaban J connectivity index is 1.53. The zero-order valence-corrected chi connectivity index (χ0v) is 13.0. The van der Waals surface area contributed by atoms with E-state index in [0.717, 1.165) is 6.29 Å². The minimum Gasteiger partial charge on any atom is -0.457 e. The van der Waals surface area contributed by atoms with Gasteiger partial charge in [0, 0.05) is 18.2 Å². The highest BCUT2D eigenvalue weighted by molar-refractivity contribution is 5.85. The molecule has 0 bridgehead atoms. The maximum absolute atomic E-state index is 12.0. The predicted molar refractivity (Wildman–Crippen MR) is 80.8 cm³/mol. The number of benzene rings is 1. The molecule has 1 aromatic rings. The third-order valence-corrected chi connectivity index (χ3v) is 3.83. The van der Waals surface area contributed by atoms with Crippen molar-refractivity contribution >= 4 is 24.0 Å². The first-order valence-corrected chi connectivity index (χ1v) is 7.50. The van der Waals surface area contributed by atoms with Crippen LogP contribution in [0.15, 0.2) is 24.3 Å². The quantitative estimate of drug-likeness (QED) is 0.650. The summed E-state index contributed by atoms with van der Waals surface area (Å²) in [6.07, 6.45) is -1.89. The summed E-state index contributed by atoms with van der Waals surface area (Å²) in [5.41, 5.74) is 1.02. The molecule has 3 rings (SSSR count). The first-order chi connectivity index (χ1) is 11.6. The number of ether oxygens (including phenoxy) is 4. The van der Waals surface area contributed by atoms with E-state index in [9.17, 15) is 14.4 Å². The van der Waals surface area contributed by atoms with E-state index in [1.807, 2.05) is 0 Å². The summed E-state index contributed by atoms with van der Waals surface area (Å²) >= 11 is 0. The zero-order chi connectivity index (χ0) is 17.1. The molecule has 0 unspecified atom stereocenters. The summed E-state index contributed by atoms with van der Waals surface area (Å²) in [7, 11) is 0. The number of hydrogen-bond acceptors (Lipinski definition) is 7. The number of aldehydes is 1. The number of amides is 1. The Kier molecular flexibility index (Phi) is 4.77. The Morgan fingerprint density at radius 2 is 1.67 bits per heavy atom. The van der Waals surface area contributed by atoms with E-state index < -0.39 is 36.5 Å². The van der Waals surface area contributed by atoms with Crippen LogP contribution in [0.4, 0.5) is 10.5 Å². The topological polar surface area (TPSA) is 100 Å². The van der Waals surface area contributed by atoms with Crippen LogP contribution in [0.2, 0.25) is 0 Å². The summed E-state index contributed by atoms with van der Waals surface area (Å²) in [6, 6.07) is 6.37. The van der Waals surface area contributed by atoms with E-state index in [4.69, 9.17) is 18.9 Å². The second-order valence-electron chi connectivity index (χ2n) is 5.55. The van der Waals surface area contributed by atoms with Crippen LogP contribution in [0.5, 0.6) is 0 Å². The first-order valence-electron chi connectivity index (χ1n) is 7.50. The van der Waals surface area contributed by atoms with Crippen LogP contribution in [0.25, 0.3) is 0 Å². The molecule has 0 aromatic heterocycles. The molecule has 1 aromatic carbocycles. The average Bonchev–Trinajstić information content (AvgIpc) is 3.12. The largest absolute Gasteiger partial charge is 0.457 e. The molecule has 0 aliphatic carbocycles. The minimum atomic E-state index is -0.650. The zero-order valence-electron chi connectivity index (χ0n) is 13.0. The standard InChI is InChI=1S/C16H17NO7/c1-9(19)23-12-7-21-15-13(8-22-14(12)15)24-16(20)17-11-4-2-10(6-18)3-5-11/h2-6,12-15H,7-8H2,1H3,(H,17,20)/t12-,13+,14-,15-/m1/s1. The van der Waals surface area contributed by atoms with Crippen LogP contribution in [-0.4, -0.2) is 56.0 Å². The van der Waals surface area contributed by atoms with Crippen LogP contribution in [-0.2, 0) is 23.7 Å². The van der Waals surface area contributed by atoms with Crippen molar-refractivity contribution in [3.05, 3.63) is 29.8 Å². The molecule has 1 N–H and O–H groups in total. The Morgan fingerprint density at radius 1 is 1.08 bits per heavy atom. The molecule has 1 amide bonds. The molecule has 2 heterocycles. The summed E-state index contributed by atoms with van der Waals surface area (Å²) in [4.78, 5) is 33.6. The molecular formula is C16H17NO7. The lowest BCUT2D eigenvalue weighted by atomic mass is 10.1. The van der Waals surface area contributed by atoms with Crippen molar-refractivity contribution in [1.82, 2.24) is 0 Å². The third-order valence-electron chi connectivity index (χ3n) is 3.83. The number of fused-ring (bicyclic) bond motifs is 1. The number of carbonyl (C=O) groups excluding carboxylic acids is 3. The van der Waals surface area contributed by atoms with Gasteiger partial charge in [0.25, 0.3) is 0 Å². The highest BCUT2D eigenvalue weighted by Crippen LogP contribution is 2.30. The molecular weight excluding hydrogens is 318 g/mol. The molecule has 2 saturated heterocycles. The third kappa shape index (κ3) is 3.55. The van der Waals surface area contributed by atoms with Crippen molar-refractivity contribution in [3.63, 3.8) is 0 Å². The lowest BCUT2D eigenvalue weighted by molar-refractivity contribution is -0.151. The van der Waals surface area contributed by atoms with Crippen LogP contribution in [0, 0.1) is 0 Å². The van der Waals surface area contributed by atoms with Gasteiger partial charge in [-0.1, -0.05) is 0 Å². The van der Waals surface area contributed by atoms with E-state index in [0.29, 0.717) is 11.3 Å². The summed E-state index contributed by atoms with van der Waals surface area (Å²) in [5, 5.41) is 2.57. The highest BCUT2D eigenvalue weighted by Gasteiger charge is 2.51. The van der Waals surface area contributed by atoms with Gasteiger partial charge in [0.1, 0.15) is 18.5 Å². The first kappa shape index (κ1) is 16.4. The van der Waals surface area contributed by atoms with Gasteiger partial charge in [-0.3, -0.25) is 14.9 Å². The van der Waals surface area contributed by atoms with E-state index in [2.05, 4.69) is 5.32 Å². The van der Waals surface area contributed by atoms with Gasteiger partial charge in [-0.2, -0.15) is 0 Å². The molecule has 2 aliphatic heterocycles. The fourth-order valence-electron chi connectivity index (χ4n) is 2.77. The predicted octanol–water partition coefficient (Wildman–Crippen LogP) is 1.15. The maximum atomic E-state index is 12.0.